The maximum Gasteiger partial charge on any atom is 1.00 e. The van der Waals surface area contributed by atoms with Gasteiger partial charge < -0.3 is 23.8 Å². The number of rotatable bonds is 12. The minimum Gasteiger partial charge on any atom is -0.743 e. The maximum absolute atomic E-state index is 12.7. The number of aliphatic hydroxyl groups is 1. The average Bonchev–Trinajstić information content (AvgIpc) is 2.93. The van der Waals surface area contributed by atoms with Gasteiger partial charge in [0.2, 0.25) is 5.24 Å². The Morgan fingerprint density at radius 1 is 0.761 bits per heavy atom. The zero-order valence-corrected chi connectivity index (χ0v) is 32.4. The van der Waals surface area contributed by atoms with E-state index in [0.717, 1.165) is 5.56 Å². The van der Waals surface area contributed by atoms with Crippen molar-refractivity contribution in [2.24, 2.45) is 0 Å². The third kappa shape index (κ3) is 24.5. The van der Waals surface area contributed by atoms with E-state index in [4.69, 9.17) is 16.7 Å². The van der Waals surface area contributed by atoms with Gasteiger partial charge in [0, 0.05) is 6.42 Å². The number of alkyl halides is 4. The van der Waals surface area contributed by atoms with E-state index in [2.05, 4.69) is 30.4 Å². The summed E-state index contributed by atoms with van der Waals surface area (Å²) in [6, 6.07) is 17.5. The van der Waals surface area contributed by atoms with Crippen LogP contribution in [0.1, 0.15) is 31.9 Å². The molecule has 11 nitrogen and oxygen atoms in total. The Kier molecular flexibility index (Phi) is 29.7. The molecule has 0 aliphatic rings. The van der Waals surface area contributed by atoms with Crippen LogP contribution in [-0.4, -0.2) is 90.5 Å². The predicted octanol–water partition coefficient (Wildman–Crippen LogP) is -2.62. The molecule has 0 amide bonds. The summed E-state index contributed by atoms with van der Waals surface area (Å²) in [4.78, 5) is 23.9. The van der Waals surface area contributed by atoms with Crippen molar-refractivity contribution in [3.05, 3.63) is 71.8 Å². The molecule has 0 aliphatic heterocycles. The van der Waals surface area contributed by atoms with Gasteiger partial charge in [0.05, 0.1) is 6.42 Å². The second-order valence-electron chi connectivity index (χ2n) is 8.30. The monoisotopic (exact) mass is 741 g/mol. The average molecular weight is 742 g/mol. The van der Waals surface area contributed by atoms with Crippen molar-refractivity contribution in [3.8, 4) is 0 Å². The van der Waals surface area contributed by atoms with E-state index in [-0.39, 0.29) is 70.8 Å². The number of carbonyl (C=O) groups is 2. The molecule has 2 aromatic carbocycles. The molecule has 0 aliphatic carbocycles. The first-order chi connectivity index (χ1) is 20.2. The quantitative estimate of drug-likeness (QED) is 0.0791. The van der Waals surface area contributed by atoms with Crippen LogP contribution in [0, 0.1) is 0 Å². The summed E-state index contributed by atoms with van der Waals surface area (Å²) in [5, 5.41) is -1.87. The first-order valence-electron chi connectivity index (χ1n) is 12.6. The maximum atomic E-state index is 12.7. The third-order valence-electron chi connectivity index (χ3n) is 5.04. The second kappa shape index (κ2) is 26.2. The fourth-order valence-corrected chi connectivity index (χ4v) is 3.07. The van der Waals surface area contributed by atoms with Gasteiger partial charge in [-0.15, -0.1) is 0 Å². The number of carbonyl (C=O) groups excluding carboxylic acids is 2. The summed E-state index contributed by atoms with van der Waals surface area (Å²) in [7, 11) is -11.5. The fourth-order valence-electron chi connectivity index (χ4n) is 2.56. The van der Waals surface area contributed by atoms with E-state index in [1.165, 1.54) is 19.6 Å². The van der Waals surface area contributed by atoms with Gasteiger partial charge in [-0.3, -0.25) is 9.59 Å². The topological polar surface area (TPSA) is 181 Å². The third-order valence-corrected chi connectivity index (χ3v) is 6.88. The number of benzene rings is 2. The van der Waals surface area contributed by atoms with Crippen LogP contribution in [0.5, 0.6) is 0 Å². The molecule has 0 spiro atoms. The molecule has 0 heterocycles. The minimum atomic E-state index is -5.83. The molecule has 20 heteroatoms. The van der Waals surface area contributed by atoms with E-state index in [0.29, 0.717) is 12.0 Å². The number of aliphatic hydroxyl groups excluding tert-OH is 1. The summed E-state index contributed by atoms with van der Waals surface area (Å²) < 4.78 is 111. The summed E-state index contributed by atoms with van der Waals surface area (Å²) in [6.07, 6.45) is 0.0399. The van der Waals surface area contributed by atoms with Crippen molar-refractivity contribution in [2.75, 3.05) is 32.8 Å². The van der Waals surface area contributed by atoms with Crippen LogP contribution in [0.2, 0.25) is 0 Å². The number of halogens is 5. The molecule has 0 radical (unpaired) electrons. The molecule has 0 bridgehead atoms. The van der Waals surface area contributed by atoms with Crippen LogP contribution in [0.3, 0.4) is 0 Å². The summed E-state index contributed by atoms with van der Waals surface area (Å²) in [6.45, 7) is 6.38. The molecule has 0 saturated heterocycles. The van der Waals surface area contributed by atoms with Gasteiger partial charge >= 0.3 is 75.6 Å². The van der Waals surface area contributed by atoms with Crippen molar-refractivity contribution in [1.29, 1.82) is 0 Å². The van der Waals surface area contributed by atoms with Gasteiger partial charge in [-0.1, -0.05) is 81.4 Å². The predicted molar refractivity (Wildman–Crippen MR) is 152 cm³/mol. The number of esters is 1. The summed E-state index contributed by atoms with van der Waals surface area (Å²) >= 11 is 5.17. The van der Waals surface area contributed by atoms with Crippen LogP contribution in [0.4, 0.5) is 17.6 Å². The number of hydrogen-bond donors (Lipinski definition) is 1. The normalized spacial score (nSPS) is 11.0. The Balaban J connectivity index is -0.000000271. The van der Waals surface area contributed by atoms with Crippen LogP contribution >= 0.6 is 11.6 Å². The van der Waals surface area contributed by atoms with Gasteiger partial charge in [0.1, 0.15) is 6.61 Å². The van der Waals surface area contributed by atoms with E-state index in [1.807, 2.05) is 30.3 Å². The summed E-state index contributed by atoms with van der Waals surface area (Å²) in [5.41, 5.74) is 1.48. The molecule has 0 atom stereocenters. The number of ether oxygens (including phenoxy) is 1. The number of nitrogens with zero attached hydrogens (tertiary/aromatic N) is 1. The van der Waals surface area contributed by atoms with Crippen LogP contribution in [-0.2, 0) is 47.4 Å². The zero-order valence-electron chi connectivity index (χ0n) is 26.0. The molecule has 2 rings (SSSR count). The Morgan fingerprint density at radius 2 is 1.11 bits per heavy atom. The number of hydrogen-bond acceptors (Lipinski definition) is 11. The van der Waals surface area contributed by atoms with Crippen molar-refractivity contribution < 1.29 is 122 Å². The second-order valence-corrected chi connectivity index (χ2v) is 11.7. The standard InChI is InChI=1S/C10H10F2O5S.C8H7ClO.C6H15N.C2H4F2O4S.2Na/c11-10(12,18(14,15)16)7-17-9(13)6-8-4-2-1-3-5-8;9-8(10)6-7-4-2-1-3-5-7;1-4-7(5-2)6-3;3-2(4,1-5)9(6,7)8;;/h1-5H,6-7H2,(H,14,15,16);1-5H,6H2;4-6H2,1-3H3;5H,1H2,(H,6,7,8);;/q;;;;2*+1/p-2. The molecule has 0 fully saturated rings. The summed E-state index contributed by atoms with van der Waals surface area (Å²) in [5.74, 6) is -1.04. The Labute approximate surface area is 316 Å². The van der Waals surface area contributed by atoms with Crippen molar-refractivity contribution in [1.82, 2.24) is 4.90 Å². The van der Waals surface area contributed by atoms with Gasteiger partial charge in [-0.05, 0) is 42.4 Å². The molecule has 1 N–H and O–H groups in total. The van der Waals surface area contributed by atoms with Gasteiger partial charge in [0.25, 0.3) is 0 Å². The van der Waals surface area contributed by atoms with Crippen molar-refractivity contribution >= 4 is 43.0 Å². The van der Waals surface area contributed by atoms with E-state index < -0.39 is 49.9 Å². The largest absolute Gasteiger partial charge is 1.00 e. The van der Waals surface area contributed by atoms with Crippen LogP contribution in [0.25, 0.3) is 0 Å². The van der Waals surface area contributed by atoms with Gasteiger partial charge in [-0.25, -0.2) is 16.8 Å². The Hall–Kier alpha value is -0.670. The fraction of sp³-hybridized carbons (Fsp3) is 0.462. The SMILES string of the molecule is CCN(CC)CC.O=C(Cc1ccccc1)OCC(F)(F)S(=O)(=O)[O-].O=C(Cl)Cc1ccccc1.O=S(=O)([O-])C(F)(F)CO.[Na+].[Na+]. The molecule has 0 aromatic heterocycles. The first kappa shape index (κ1) is 52.1. The van der Waals surface area contributed by atoms with Crippen LogP contribution in [0.15, 0.2) is 60.7 Å². The molecular weight excluding hydrogens is 708 g/mol. The molecule has 2 aromatic rings. The van der Waals surface area contributed by atoms with Crippen LogP contribution < -0.4 is 59.1 Å². The molecule has 0 saturated carbocycles. The van der Waals surface area contributed by atoms with Gasteiger partial charge in [0.15, 0.2) is 26.8 Å². The van der Waals surface area contributed by atoms with Crippen molar-refractivity contribution in [3.63, 3.8) is 0 Å². The molecule has 46 heavy (non-hydrogen) atoms. The molecule has 0 unspecified atom stereocenters. The van der Waals surface area contributed by atoms with E-state index in [1.54, 1.807) is 30.3 Å². The van der Waals surface area contributed by atoms with E-state index >= 15 is 0 Å². The molecule has 252 valence electrons. The first-order valence-corrected chi connectivity index (χ1v) is 15.8. The Bertz CT molecular complexity index is 1320. The minimum absolute atomic E-state index is 0. The smallest absolute Gasteiger partial charge is 0.743 e. The van der Waals surface area contributed by atoms with E-state index in [9.17, 15) is 53.1 Å². The van der Waals surface area contributed by atoms with Gasteiger partial charge in [-0.2, -0.15) is 17.6 Å². The zero-order chi connectivity index (χ0) is 34.6. The Morgan fingerprint density at radius 3 is 1.35 bits per heavy atom. The molecular formula is C26H34ClF4NNa2O10S2. The van der Waals surface area contributed by atoms with Crippen molar-refractivity contribution in [2.45, 2.75) is 44.1 Å².